The number of allylic oxidation sites excluding steroid dienone is 1. The number of ether oxygens (including phenoxy) is 1. The molecule has 0 heterocycles. The van der Waals surface area contributed by atoms with Crippen molar-refractivity contribution in [2.45, 2.75) is 0 Å². The third-order valence-electron chi connectivity index (χ3n) is 2.88. The van der Waals surface area contributed by atoms with Crippen LogP contribution in [0.2, 0.25) is 0 Å². The van der Waals surface area contributed by atoms with Crippen LogP contribution in [0.4, 0.5) is 5.69 Å². The van der Waals surface area contributed by atoms with Gasteiger partial charge in [-0.2, -0.15) is 5.10 Å². The van der Waals surface area contributed by atoms with E-state index >= 15 is 0 Å². The maximum atomic E-state index is 11.7. The molecule has 0 spiro atoms. The van der Waals surface area contributed by atoms with Gasteiger partial charge in [-0.25, -0.2) is 5.43 Å². The SMILES string of the molecule is O=C(COc1cccc([N+](=O)[O-])c1)NN=C/C(Br)=C/c1ccccc1. The van der Waals surface area contributed by atoms with Crippen LogP contribution in [0, 0.1) is 10.1 Å². The second kappa shape index (κ2) is 9.33. The van der Waals surface area contributed by atoms with Crippen molar-refractivity contribution >= 4 is 39.8 Å². The minimum Gasteiger partial charge on any atom is -0.483 e. The van der Waals surface area contributed by atoms with E-state index in [1.807, 2.05) is 36.4 Å². The van der Waals surface area contributed by atoms with E-state index in [-0.39, 0.29) is 18.0 Å². The smallest absolute Gasteiger partial charge is 0.277 e. The fourth-order valence-corrected chi connectivity index (χ4v) is 2.15. The molecule has 0 atom stereocenters. The number of hydrogen-bond acceptors (Lipinski definition) is 5. The van der Waals surface area contributed by atoms with Crippen LogP contribution in [0.15, 0.2) is 64.2 Å². The standard InChI is InChI=1S/C17H14BrN3O4/c18-14(9-13-5-2-1-3-6-13)11-19-20-17(22)12-25-16-8-4-7-15(10-16)21(23)24/h1-11H,12H2,(H,20,22)/b14-9-,19-11?. The number of rotatable bonds is 7. The molecule has 8 heteroatoms. The third-order valence-corrected chi connectivity index (χ3v) is 3.31. The molecule has 0 saturated heterocycles. The summed E-state index contributed by atoms with van der Waals surface area (Å²) in [6, 6.07) is 15.2. The van der Waals surface area contributed by atoms with Gasteiger partial charge in [-0.1, -0.05) is 36.4 Å². The quantitative estimate of drug-likeness (QED) is 0.434. The first-order valence-electron chi connectivity index (χ1n) is 7.16. The maximum Gasteiger partial charge on any atom is 0.277 e. The van der Waals surface area contributed by atoms with E-state index in [0.717, 1.165) is 5.56 Å². The molecule has 1 amide bonds. The van der Waals surface area contributed by atoms with Crippen LogP contribution in [0.5, 0.6) is 5.75 Å². The van der Waals surface area contributed by atoms with Gasteiger partial charge < -0.3 is 4.74 Å². The Kier molecular flexibility index (Phi) is 6.85. The first-order valence-corrected chi connectivity index (χ1v) is 7.95. The van der Waals surface area contributed by atoms with Crippen LogP contribution >= 0.6 is 15.9 Å². The first kappa shape index (κ1) is 18.3. The average molecular weight is 404 g/mol. The number of non-ortho nitro benzene ring substituents is 1. The number of nitrogens with zero attached hydrogens (tertiary/aromatic N) is 2. The van der Waals surface area contributed by atoms with Gasteiger partial charge in [0.15, 0.2) is 6.61 Å². The zero-order chi connectivity index (χ0) is 18.1. The number of benzene rings is 2. The Hall–Kier alpha value is -3.00. The number of nitro groups is 1. The van der Waals surface area contributed by atoms with Crippen LogP contribution in [0.1, 0.15) is 5.56 Å². The Morgan fingerprint density at radius 1 is 1.24 bits per heavy atom. The molecule has 0 unspecified atom stereocenters. The van der Waals surface area contributed by atoms with Gasteiger partial charge in [0.1, 0.15) is 5.75 Å². The lowest BCUT2D eigenvalue weighted by Gasteiger charge is -2.04. The molecule has 2 aromatic rings. The molecule has 0 bridgehead atoms. The molecule has 1 N–H and O–H groups in total. The molecule has 0 aliphatic carbocycles. The highest BCUT2D eigenvalue weighted by Gasteiger charge is 2.07. The summed E-state index contributed by atoms with van der Waals surface area (Å²) in [7, 11) is 0. The Labute approximate surface area is 152 Å². The van der Waals surface area contributed by atoms with E-state index < -0.39 is 10.8 Å². The molecule has 25 heavy (non-hydrogen) atoms. The molecule has 0 aliphatic heterocycles. The van der Waals surface area contributed by atoms with Gasteiger partial charge in [0, 0.05) is 10.5 Å². The molecule has 0 aliphatic rings. The zero-order valence-electron chi connectivity index (χ0n) is 13.0. The normalized spacial score (nSPS) is 11.3. The summed E-state index contributed by atoms with van der Waals surface area (Å²) < 4.78 is 5.87. The molecule has 128 valence electrons. The Morgan fingerprint density at radius 2 is 2.00 bits per heavy atom. The predicted molar refractivity (Wildman–Crippen MR) is 98.6 cm³/mol. The van der Waals surface area contributed by atoms with E-state index in [2.05, 4.69) is 26.5 Å². The number of carbonyl (C=O) groups excluding carboxylic acids is 1. The molecule has 0 radical (unpaired) electrons. The second-order valence-electron chi connectivity index (χ2n) is 4.78. The van der Waals surface area contributed by atoms with Gasteiger partial charge in [0.05, 0.1) is 17.2 Å². The molecule has 0 aromatic heterocycles. The fourth-order valence-electron chi connectivity index (χ4n) is 1.78. The number of hydrazone groups is 1. The third kappa shape index (κ3) is 6.56. The molecule has 7 nitrogen and oxygen atoms in total. The lowest BCUT2D eigenvalue weighted by atomic mass is 10.2. The predicted octanol–water partition coefficient (Wildman–Crippen LogP) is 3.51. The Morgan fingerprint density at radius 3 is 2.72 bits per heavy atom. The summed E-state index contributed by atoms with van der Waals surface area (Å²) in [6.07, 6.45) is 3.29. The summed E-state index contributed by atoms with van der Waals surface area (Å²) >= 11 is 3.33. The van der Waals surface area contributed by atoms with Crippen LogP contribution in [-0.2, 0) is 4.79 Å². The monoisotopic (exact) mass is 403 g/mol. The topological polar surface area (TPSA) is 93.8 Å². The van der Waals surface area contributed by atoms with E-state index in [4.69, 9.17) is 4.74 Å². The van der Waals surface area contributed by atoms with Crippen molar-refractivity contribution < 1.29 is 14.5 Å². The van der Waals surface area contributed by atoms with Gasteiger partial charge in [0.25, 0.3) is 11.6 Å². The number of nitrogens with one attached hydrogen (secondary N) is 1. The van der Waals surface area contributed by atoms with Crippen molar-refractivity contribution in [3.63, 3.8) is 0 Å². The minimum atomic E-state index is -0.534. The first-order chi connectivity index (χ1) is 12.0. The highest BCUT2D eigenvalue weighted by molar-refractivity contribution is 9.12. The van der Waals surface area contributed by atoms with Crippen LogP contribution < -0.4 is 10.2 Å². The fraction of sp³-hybridized carbons (Fsp3) is 0.0588. The van der Waals surface area contributed by atoms with Crippen molar-refractivity contribution in [2.24, 2.45) is 5.10 Å². The van der Waals surface area contributed by atoms with Crippen molar-refractivity contribution in [3.05, 3.63) is 74.8 Å². The van der Waals surface area contributed by atoms with Crippen molar-refractivity contribution in [3.8, 4) is 5.75 Å². The number of amides is 1. The van der Waals surface area contributed by atoms with Gasteiger partial charge >= 0.3 is 0 Å². The average Bonchev–Trinajstić information content (AvgIpc) is 2.61. The van der Waals surface area contributed by atoms with Crippen molar-refractivity contribution in [1.29, 1.82) is 0 Å². The molecular weight excluding hydrogens is 390 g/mol. The summed E-state index contributed by atoms with van der Waals surface area (Å²) in [5.74, 6) is -0.249. The van der Waals surface area contributed by atoms with Gasteiger partial charge in [-0.3, -0.25) is 14.9 Å². The van der Waals surface area contributed by atoms with Crippen LogP contribution in [-0.4, -0.2) is 23.7 Å². The largest absolute Gasteiger partial charge is 0.483 e. The number of nitro benzene ring substituents is 1. The molecule has 0 saturated carbocycles. The van der Waals surface area contributed by atoms with Gasteiger partial charge in [-0.05, 0) is 33.6 Å². The lowest BCUT2D eigenvalue weighted by molar-refractivity contribution is -0.384. The summed E-state index contributed by atoms with van der Waals surface area (Å²) in [6.45, 7) is -0.307. The van der Waals surface area contributed by atoms with Crippen LogP contribution in [0.3, 0.4) is 0 Å². The van der Waals surface area contributed by atoms with E-state index in [0.29, 0.717) is 4.48 Å². The zero-order valence-corrected chi connectivity index (χ0v) is 14.5. The Balaban J connectivity index is 1.81. The van der Waals surface area contributed by atoms with Gasteiger partial charge in [0.2, 0.25) is 0 Å². The highest BCUT2D eigenvalue weighted by Crippen LogP contribution is 2.18. The van der Waals surface area contributed by atoms with E-state index in [1.165, 1.54) is 30.5 Å². The number of hydrogen-bond donors (Lipinski definition) is 1. The molecular formula is C17H14BrN3O4. The van der Waals surface area contributed by atoms with E-state index in [9.17, 15) is 14.9 Å². The molecule has 0 fully saturated rings. The molecule has 2 rings (SSSR count). The summed E-state index contributed by atoms with van der Waals surface area (Å²) in [5.41, 5.74) is 3.19. The lowest BCUT2D eigenvalue weighted by Crippen LogP contribution is -2.24. The molecule has 2 aromatic carbocycles. The highest BCUT2D eigenvalue weighted by atomic mass is 79.9. The summed E-state index contributed by atoms with van der Waals surface area (Å²) in [5, 5.41) is 14.5. The number of halogens is 1. The maximum absolute atomic E-state index is 11.7. The summed E-state index contributed by atoms with van der Waals surface area (Å²) in [4.78, 5) is 21.8. The Bertz CT molecular complexity index is 807. The van der Waals surface area contributed by atoms with Gasteiger partial charge in [-0.15, -0.1) is 0 Å². The minimum absolute atomic E-state index is 0.106. The van der Waals surface area contributed by atoms with E-state index in [1.54, 1.807) is 0 Å². The second-order valence-corrected chi connectivity index (χ2v) is 5.69. The number of carbonyl (C=O) groups is 1. The van der Waals surface area contributed by atoms with Crippen LogP contribution in [0.25, 0.3) is 6.08 Å². The van der Waals surface area contributed by atoms with Crippen molar-refractivity contribution in [1.82, 2.24) is 5.43 Å². The van der Waals surface area contributed by atoms with Crippen molar-refractivity contribution in [2.75, 3.05) is 6.61 Å².